The van der Waals surface area contributed by atoms with E-state index in [2.05, 4.69) is 34.5 Å². The molecule has 6 nitrogen and oxygen atoms in total. The highest BCUT2D eigenvalue weighted by Gasteiger charge is 2.30. The lowest BCUT2D eigenvalue weighted by Gasteiger charge is -2.22. The van der Waals surface area contributed by atoms with E-state index < -0.39 is 11.7 Å². The number of halogens is 3. The van der Waals surface area contributed by atoms with Crippen molar-refractivity contribution in [2.75, 3.05) is 42.7 Å². The number of amides is 2. The lowest BCUT2D eigenvalue weighted by molar-refractivity contribution is -0.137. The maximum absolute atomic E-state index is 12.7. The Morgan fingerprint density at radius 3 is 1.89 bits per heavy atom. The standard InChI is InChI=1S/C26H27F3N4O2/c1-32(2)22-15-16-33(17-22)21-9-5-19(6-10-21)30-25(34)31-20-7-13-24(14-8-20)35-23-11-3-18(4-12-23)26(27,28)29/h3-14,22H,15-17H2,1-2H3,(H2,30,31,34). The molecule has 3 aromatic carbocycles. The van der Waals surface area contributed by atoms with Gasteiger partial charge < -0.3 is 25.2 Å². The molecule has 0 saturated carbocycles. The zero-order valence-electron chi connectivity index (χ0n) is 19.5. The molecule has 1 aliphatic heterocycles. The summed E-state index contributed by atoms with van der Waals surface area (Å²) in [6.45, 7) is 1.99. The molecule has 1 fully saturated rings. The molecular weight excluding hydrogens is 457 g/mol. The Morgan fingerprint density at radius 1 is 0.886 bits per heavy atom. The first-order valence-corrected chi connectivity index (χ1v) is 11.2. The van der Waals surface area contributed by atoms with Crippen molar-refractivity contribution in [3.63, 3.8) is 0 Å². The predicted octanol–water partition coefficient (Wildman–Crippen LogP) is 6.28. The van der Waals surface area contributed by atoms with Gasteiger partial charge >= 0.3 is 12.2 Å². The summed E-state index contributed by atoms with van der Waals surface area (Å²) in [5.74, 6) is 0.718. The van der Waals surface area contributed by atoms with E-state index in [1.165, 1.54) is 12.1 Å². The quantitative estimate of drug-likeness (QED) is 0.432. The predicted molar refractivity (Wildman–Crippen MR) is 131 cm³/mol. The van der Waals surface area contributed by atoms with Crippen LogP contribution in [0.15, 0.2) is 72.8 Å². The molecule has 0 aromatic heterocycles. The summed E-state index contributed by atoms with van der Waals surface area (Å²) < 4.78 is 43.6. The van der Waals surface area contributed by atoms with Crippen LogP contribution in [0.1, 0.15) is 12.0 Å². The number of carbonyl (C=O) groups is 1. The summed E-state index contributed by atoms with van der Waals surface area (Å²) in [6.07, 6.45) is -3.26. The number of ether oxygens (including phenoxy) is 1. The summed E-state index contributed by atoms with van der Waals surface area (Å²) in [5.41, 5.74) is 1.62. The number of urea groups is 1. The number of benzene rings is 3. The van der Waals surface area contributed by atoms with E-state index in [0.29, 0.717) is 23.2 Å². The number of nitrogens with zero attached hydrogens (tertiary/aromatic N) is 2. The van der Waals surface area contributed by atoms with Crippen molar-refractivity contribution in [2.24, 2.45) is 0 Å². The Labute approximate surface area is 202 Å². The van der Waals surface area contributed by atoms with Crippen LogP contribution in [-0.2, 0) is 6.18 Å². The largest absolute Gasteiger partial charge is 0.457 e. The van der Waals surface area contributed by atoms with Crippen molar-refractivity contribution < 1.29 is 22.7 Å². The molecule has 1 unspecified atom stereocenters. The van der Waals surface area contributed by atoms with E-state index >= 15 is 0 Å². The Kier molecular flexibility index (Phi) is 7.16. The van der Waals surface area contributed by atoms with Crippen LogP contribution in [-0.4, -0.2) is 44.2 Å². The minimum absolute atomic E-state index is 0.283. The van der Waals surface area contributed by atoms with Gasteiger partial charge in [0.15, 0.2) is 0 Å². The first-order valence-electron chi connectivity index (χ1n) is 11.2. The molecule has 1 saturated heterocycles. The van der Waals surface area contributed by atoms with Gasteiger partial charge in [0.1, 0.15) is 11.5 Å². The second-order valence-corrected chi connectivity index (χ2v) is 8.63. The van der Waals surface area contributed by atoms with Gasteiger partial charge in [0, 0.05) is 36.2 Å². The number of nitrogens with one attached hydrogen (secondary N) is 2. The molecule has 184 valence electrons. The van der Waals surface area contributed by atoms with Crippen LogP contribution in [0, 0.1) is 0 Å². The lowest BCUT2D eigenvalue weighted by Crippen LogP contribution is -2.31. The molecule has 1 aliphatic rings. The fraction of sp³-hybridized carbons (Fsp3) is 0.269. The Morgan fingerprint density at radius 2 is 1.40 bits per heavy atom. The minimum atomic E-state index is -4.39. The van der Waals surface area contributed by atoms with Crippen molar-refractivity contribution in [1.82, 2.24) is 4.90 Å². The van der Waals surface area contributed by atoms with Crippen LogP contribution in [0.4, 0.5) is 35.0 Å². The molecule has 0 spiro atoms. The number of likely N-dealkylation sites (N-methyl/N-ethyl adjacent to an activating group) is 1. The number of hydrogen-bond donors (Lipinski definition) is 2. The molecule has 35 heavy (non-hydrogen) atoms. The number of hydrogen-bond acceptors (Lipinski definition) is 4. The zero-order valence-corrected chi connectivity index (χ0v) is 19.5. The van der Waals surface area contributed by atoms with Crippen molar-refractivity contribution in [3.8, 4) is 11.5 Å². The molecule has 9 heteroatoms. The molecular formula is C26H27F3N4O2. The third-order valence-electron chi connectivity index (χ3n) is 5.91. The third kappa shape index (κ3) is 6.45. The average Bonchev–Trinajstić information content (AvgIpc) is 3.31. The summed E-state index contributed by atoms with van der Waals surface area (Å²) in [4.78, 5) is 16.9. The molecule has 0 aliphatic carbocycles. The number of carbonyl (C=O) groups excluding carboxylic acids is 1. The van der Waals surface area contributed by atoms with Crippen LogP contribution in [0.25, 0.3) is 0 Å². The summed E-state index contributed by atoms with van der Waals surface area (Å²) in [7, 11) is 4.19. The van der Waals surface area contributed by atoms with Crippen LogP contribution in [0.3, 0.4) is 0 Å². The summed E-state index contributed by atoms with van der Waals surface area (Å²) >= 11 is 0. The van der Waals surface area contributed by atoms with Crippen LogP contribution in [0.5, 0.6) is 11.5 Å². The van der Waals surface area contributed by atoms with Gasteiger partial charge in [-0.25, -0.2) is 4.79 Å². The van der Waals surface area contributed by atoms with Gasteiger partial charge in [-0.2, -0.15) is 13.2 Å². The van der Waals surface area contributed by atoms with Crippen LogP contribution >= 0.6 is 0 Å². The summed E-state index contributed by atoms with van der Waals surface area (Å²) in [6, 6.07) is 18.9. The van der Waals surface area contributed by atoms with Crippen molar-refractivity contribution in [2.45, 2.75) is 18.6 Å². The Hall–Kier alpha value is -3.72. The highest BCUT2D eigenvalue weighted by Crippen LogP contribution is 2.31. The Balaban J connectivity index is 1.28. The van der Waals surface area contributed by atoms with Gasteiger partial charge in [-0.1, -0.05) is 0 Å². The first kappa shape index (κ1) is 24.4. The number of anilines is 3. The van der Waals surface area contributed by atoms with Gasteiger partial charge in [0.2, 0.25) is 0 Å². The second-order valence-electron chi connectivity index (χ2n) is 8.63. The van der Waals surface area contributed by atoms with E-state index in [1.54, 1.807) is 24.3 Å². The summed E-state index contributed by atoms with van der Waals surface area (Å²) in [5, 5.41) is 5.55. The molecule has 0 radical (unpaired) electrons. The smallest absolute Gasteiger partial charge is 0.416 e. The van der Waals surface area contributed by atoms with Gasteiger partial charge in [-0.05, 0) is 93.3 Å². The molecule has 4 rings (SSSR count). The van der Waals surface area contributed by atoms with Crippen LogP contribution < -0.4 is 20.3 Å². The lowest BCUT2D eigenvalue weighted by atomic mass is 10.2. The second kappa shape index (κ2) is 10.3. The third-order valence-corrected chi connectivity index (χ3v) is 5.91. The maximum Gasteiger partial charge on any atom is 0.416 e. The zero-order chi connectivity index (χ0) is 25.0. The maximum atomic E-state index is 12.7. The minimum Gasteiger partial charge on any atom is -0.457 e. The van der Waals surface area contributed by atoms with Gasteiger partial charge in [-0.3, -0.25) is 0 Å². The van der Waals surface area contributed by atoms with Crippen LogP contribution in [0.2, 0.25) is 0 Å². The number of rotatable bonds is 6. The Bertz CT molecular complexity index is 1130. The van der Waals surface area contributed by atoms with Gasteiger partial charge in [0.05, 0.1) is 5.56 Å². The number of alkyl halides is 3. The fourth-order valence-electron chi connectivity index (χ4n) is 3.90. The van der Waals surface area contributed by atoms with Crippen molar-refractivity contribution >= 4 is 23.1 Å². The molecule has 0 bridgehead atoms. The van der Waals surface area contributed by atoms with E-state index in [1.807, 2.05) is 24.3 Å². The van der Waals surface area contributed by atoms with E-state index in [0.717, 1.165) is 37.3 Å². The molecule has 1 atom stereocenters. The van der Waals surface area contributed by atoms with E-state index in [4.69, 9.17) is 4.74 Å². The van der Waals surface area contributed by atoms with Gasteiger partial charge in [-0.15, -0.1) is 0 Å². The highest BCUT2D eigenvalue weighted by molar-refractivity contribution is 5.99. The van der Waals surface area contributed by atoms with Crippen molar-refractivity contribution in [1.29, 1.82) is 0 Å². The highest BCUT2D eigenvalue weighted by atomic mass is 19.4. The van der Waals surface area contributed by atoms with E-state index in [9.17, 15) is 18.0 Å². The van der Waals surface area contributed by atoms with Gasteiger partial charge in [0.25, 0.3) is 0 Å². The molecule has 2 amide bonds. The first-order chi connectivity index (χ1) is 16.7. The SMILES string of the molecule is CN(C)C1CCN(c2ccc(NC(=O)Nc3ccc(Oc4ccc(C(F)(F)F)cc4)cc3)cc2)C1. The fourth-order valence-corrected chi connectivity index (χ4v) is 3.90. The topological polar surface area (TPSA) is 56.8 Å². The average molecular weight is 485 g/mol. The van der Waals surface area contributed by atoms with E-state index in [-0.39, 0.29) is 11.8 Å². The normalized spacial score (nSPS) is 15.8. The molecule has 1 heterocycles. The monoisotopic (exact) mass is 484 g/mol. The molecule has 2 N–H and O–H groups in total. The molecule has 3 aromatic rings. The van der Waals surface area contributed by atoms with Crippen molar-refractivity contribution in [3.05, 3.63) is 78.4 Å².